The van der Waals surface area contributed by atoms with Gasteiger partial charge in [-0.3, -0.25) is 19.4 Å². The van der Waals surface area contributed by atoms with Gasteiger partial charge in [0.2, 0.25) is 5.91 Å². The van der Waals surface area contributed by atoms with Crippen LogP contribution in [0.2, 0.25) is 0 Å². The molecule has 8 heteroatoms. The van der Waals surface area contributed by atoms with Crippen LogP contribution in [0.4, 0.5) is 5.82 Å². The fraction of sp³-hybridized carbons (Fsp3) is 0.474. The van der Waals surface area contributed by atoms with Gasteiger partial charge in [-0.1, -0.05) is 28.1 Å². The van der Waals surface area contributed by atoms with E-state index in [0.29, 0.717) is 23.7 Å². The summed E-state index contributed by atoms with van der Waals surface area (Å²) in [5.41, 5.74) is 1.22. The van der Waals surface area contributed by atoms with E-state index in [1.54, 1.807) is 0 Å². The number of ether oxygens (including phenoxy) is 1. The third-order valence-corrected chi connectivity index (χ3v) is 6.81. The highest BCUT2D eigenvalue weighted by molar-refractivity contribution is 9.10. The van der Waals surface area contributed by atoms with Crippen LogP contribution in [0.25, 0.3) is 0 Å². The van der Waals surface area contributed by atoms with Crippen LogP contribution in [-0.4, -0.2) is 33.6 Å². The normalized spacial score (nSPS) is 24.8. The zero-order valence-corrected chi connectivity index (χ0v) is 17.7. The summed E-state index contributed by atoms with van der Waals surface area (Å²) in [4.78, 5) is 25.3. The molecule has 1 aromatic heterocycles. The lowest BCUT2D eigenvalue weighted by Gasteiger charge is -2.36. The Bertz CT molecular complexity index is 937. The van der Waals surface area contributed by atoms with Crippen molar-refractivity contribution in [3.05, 3.63) is 50.2 Å². The molecule has 0 aliphatic carbocycles. The van der Waals surface area contributed by atoms with Gasteiger partial charge in [-0.2, -0.15) is 0 Å². The minimum absolute atomic E-state index is 0.0803. The van der Waals surface area contributed by atoms with Gasteiger partial charge in [-0.15, -0.1) is 11.8 Å². The molecule has 1 saturated heterocycles. The average Bonchev–Trinajstić information content (AvgIpc) is 2.80. The number of anilines is 1. The SMILES string of the molecule is CC1(C)C[C@H](n2[nH]c(=O)c3c2NC(=O)CS[C@H]3c2cccc(Br)c2)CCO1. The molecule has 2 atom stereocenters. The van der Waals surface area contributed by atoms with E-state index in [-0.39, 0.29) is 28.4 Å². The number of H-pyrrole nitrogens is 1. The van der Waals surface area contributed by atoms with Gasteiger partial charge in [0.1, 0.15) is 5.82 Å². The molecule has 0 unspecified atom stereocenters. The summed E-state index contributed by atoms with van der Waals surface area (Å²) >= 11 is 4.98. The number of aromatic nitrogens is 2. The molecule has 27 heavy (non-hydrogen) atoms. The minimum atomic E-state index is -0.260. The van der Waals surface area contributed by atoms with Gasteiger partial charge in [-0.05, 0) is 44.4 Å². The summed E-state index contributed by atoms with van der Waals surface area (Å²) in [7, 11) is 0. The fourth-order valence-corrected chi connectivity index (χ4v) is 5.40. The predicted molar refractivity (Wildman–Crippen MR) is 110 cm³/mol. The number of hydrogen-bond acceptors (Lipinski definition) is 4. The quantitative estimate of drug-likeness (QED) is 0.726. The van der Waals surface area contributed by atoms with Gasteiger partial charge < -0.3 is 10.1 Å². The molecule has 2 aliphatic rings. The zero-order chi connectivity index (χ0) is 19.2. The Kier molecular flexibility index (Phi) is 4.98. The lowest BCUT2D eigenvalue weighted by atomic mass is 9.94. The van der Waals surface area contributed by atoms with Crippen molar-refractivity contribution >= 4 is 39.4 Å². The monoisotopic (exact) mass is 451 g/mol. The first-order chi connectivity index (χ1) is 12.8. The number of carbonyl (C=O) groups excluding carboxylic acids is 1. The number of rotatable bonds is 2. The van der Waals surface area contributed by atoms with Crippen molar-refractivity contribution in [3.8, 4) is 0 Å². The number of nitrogens with zero attached hydrogens (tertiary/aromatic N) is 1. The lowest BCUT2D eigenvalue weighted by molar-refractivity contribution is -0.113. The molecule has 4 rings (SSSR count). The first-order valence-electron chi connectivity index (χ1n) is 8.99. The second-order valence-electron chi connectivity index (χ2n) is 7.62. The van der Waals surface area contributed by atoms with Crippen molar-refractivity contribution in [1.29, 1.82) is 0 Å². The molecule has 2 aliphatic heterocycles. The predicted octanol–water partition coefficient (Wildman–Crippen LogP) is 3.84. The van der Waals surface area contributed by atoms with Crippen molar-refractivity contribution in [1.82, 2.24) is 9.78 Å². The van der Waals surface area contributed by atoms with Crippen molar-refractivity contribution in [2.24, 2.45) is 0 Å². The molecule has 1 amide bonds. The Hall–Kier alpha value is -1.51. The maximum Gasteiger partial charge on any atom is 0.270 e. The largest absolute Gasteiger partial charge is 0.375 e. The molecular weight excluding hydrogens is 430 g/mol. The Labute approximate surface area is 170 Å². The van der Waals surface area contributed by atoms with Crippen molar-refractivity contribution in [3.63, 3.8) is 0 Å². The molecule has 1 aromatic carbocycles. The van der Waals surface area contributed by atoms with Crippen LogP contribution in [0.15, 0.2) is 33.5 Å². The number of fused-ring (bicyclic) bond motifs is 1. The molecule has 1 fully saturated rings. The lowest BCUT2D eigenvalue weighted by Crippen LogP contribution is -2.36. The molecule has 2 N–H and O–H groups in total. The third kappa shape index (κ3) is 3.75. The van der Waals surface area contributed by atoms with Gasteiger partial charge in [0.25, 0.3) is 5.56 Å². The van der Waals surface area contributed by atoms with Crippen LogP contribution in [0, 0.1) is 0 Å². The molecule has 0 bridgehead atoms. The van der Waals surface area contributed by atoms with Crippen LogP contribution in [0.1, 0.15) is 49.1 Å². The topological polar surface area (TPSA) is 76.1 Å². The van der Waals surface area contributed by atoms with Crippen molar-refractivity contribution < 1.29 is 9.53 Å². The summed E-state index contributed by atoms with van der Waals surface area (Å²) in [5.74, 6) is 0.824. The molecule has 3 heterocycles. The summed E-state index contributed by atoms with van der Waals surface area (Å²) in [5, 5.41) is 5.76. The first-order valence-corrected chi connectivity index (χ1v) is 10.8. The molecule has 144 valence electrons. The van der Waals surface area contributed by atoms with Gasteiger partial charge in [-0.25, -0.2) is 0 Å². The second kappa shape index (κ2) is 7.14. The van der Waals surface area contributed by atoms with E-state index in [4.69, 9.17) is 4.74 Å². The Morgan fingerprint density at radius 2 is 2.15 bits per heavy atom. The highest BCUT2D eigenvalue weighted by Crippen LogP contribution is 2.42. The number of amides is 1. The first kappa shape index (κ1) is 18.8. The van der Waals surface area contributed by atoms with Gasteiger partial charge in [0, 0.05) is 11.1 Å². The molecule has 6 nitrogen and oxygen atoms in total. The maximum atomic E-state index is 12.9. The molecule has 0 spiro atoms. The summed E-state index contributed by atoms with van der Waals surface area (Å²) in [6.45, 7) is 4.74. The highest BCUT2D eigenvalue weighted by atomic mass is 79.9. The second-order valence-corrected chi connectivity index (χ2v) is 9.63. The standard InChI is InChI=1S/C19H22BrN3O3S/c1-19(2)9-13(6-7-26-19)23-17-15(18(25)22-23)16(27-10-14(24)21-17)11-4-3-5-12(20)8-11/h3-5,8,13,16H,6-7,9-10H2,1-2H3,(H,21,24)(H,22,25)/t13-,16+/m1/s1. The van der Waals surface area contributed by atoms with Crippen LogP contribution in [-0.2, 0) is 9.53 Å². The van der Waals surface area contributed by atoms with Crippen LogP contribution in [0.5, 0.6) is 0 Å². The third-order valence-electron chi connectivity index (χ3n) is 5.05. The number of aromatic amines is 1. The maximum absolute atomic E-state index is 12.9. The summed E-state index contributed by atoms with van der Waals surface area (Å²) in [6.07, 6.45) is 1.57. The van der Waals surface area contributed by atoms with Crippen LogP contribution < -0.4 is 10.9 Å². The molecular formula is C19H22BrN3O3S. The van der Waals surface area contributed by atoms with E-state index in [1.807, 2.05) is 28.9 Å². The van der Waals surface area contributed by atoms with E-state index in [9.17, 15) is 9.59 Å². The van der Waals surface area contributed by atoms with Crippen LogP contribution in [0.3, 0.4) is 0 Å². The molecule has 0 radical (unpaired) electrons. The summed E-state index contributed by atoms with van der Waals surface area (Å²) < 4.78 is 8.62. The number of halogens is 1. The van der Waals surface area contributed by atoms with E-state index in [1.165, 1.54) is 11.8 Å². The van der Waals surface area contributed by atoms with E-state index in [0.717, 1.165) is 22.9 Å². The van der Waals surface area contributed by atoms with Crippen molar-refractivity contribution in [2.75, 3.05) is 17.7 Å². The smallest absolute Gasteiger partial charge is 0.270 e. The number of nitrogens with one attached hydrogen (secondary N) is 2. The molecule has 2 aromatic rings. The Morgan fingerprint density at radius 3 is 2.89 bits per heavy atom. The highest BCUT2D eigenvalue weighted by Gasteiger charge is 2.35. The minimum Gasteiger partial charge on any atom is -0.375 e. The number of carbonyl (C=O) groups is 1. The van der Waals surface area contributed by atoms with Gasteiger partial charge in [0.15, 0.2) is 0 Å². The Balaban J connectivity index is 1.81. The number of thioether (sulfide) groups is 1. The number of benzene rings is 1. The van der Waals surface area contributed by atoms with E-state index >= 15 is 0 Å². The van der Waals surface area contributed by atoms with E-state index < -0.39 is 0 Å². The van der Waals surface area contributed by atoms with Gasteiger partial charge >= 0.3 is 0 Å². The Morgan fingerprint density at radius 1 is 1.33 bits per heavy atom. The van der Waals surface area contributed by atoms with Crippen molar-refractivity contribution in [2.45, 2.75) is 43.6 Å². The number of hydrogen-bond donors (Lipinski definition) is 2. The fourth-order valence-electron chi connectivity index (χ4n) is 3.87. The summed E-state index contributed by atoms with van der Waals surface area (Å²) in [6, 6.07) is 7.99. The van der Waals surface area contributed by atoms with Crippen LogP contribution >= 0.6 is 27.7 Å². The average molecular weight is 452 g/mol. The zero-order valence-electron chi connectivity index (χ0n) is 15.3. The van der Waals surface area contributed by atoms with Gasteiger partial charge in [0.05, 0.1) is 28.2 Å². The van der Waals surface area contributed by atoms with E-state index in [2.05, 4.69) is 40.2 Å². The molecule has 0 saturated carbocycles.